The maximum atomic E-state index is 12.6. The van der Waals surface area contributed by atoms with Crippen LogP contribution in [0.5, 0.6) is 0 Å². The lowest BCUT2D eigenvalue weighted by Crippen LogP contribution is -2.43. The van der Waals surface area contributed by atoms with Crippen molar-refractivity contribution in [2.75, 3.05) is 26.2 Å². The molecule has 9 heteroatoms. The van der Waals surface area contributed by atoms with Crippen LogP contribution < -0.4 is 5.73 Å². The van der Waals surface area contributed by atoms with E-state index in [4.69, 9.17) is 5.73 Å². The fraction of sp³-hybridized carbons (Fsp3) is 0.562. The summed E-state index contributed by atoms with van der Waals surface area (Å²) in [5, 5.41) is 0. The van der Waals surface area contributed by atoms with Crippen LogP contribution in [-0.2, 0) is 17.5 Å². The molecule has 1 fully saturated rings. The monoisotopic (exact) mass is 401 g/mol. The first-order valence-electron chi connectivity index (χ1n) is 7.70. The van der Waals surface area contributed by atoms with Gasteiger partial charge < -0.3 is 10.6 Å². The van der Waals surface area contributed by atoms with Gasteiger partial charge >= 0.3 is 6.18 Å². The molecule has 4 nitrogen and oxygen atoms in total. The zero-order valence-electron chi connectivity index (χ0n) is 14.0. The third kappa shape index (κ3) is 7.01. The topological polar surface area (TPSA) is 49.6 Å². The van der Waals surface area contributed by atoms with E-state index in [1.165, 1.54) is 12.1 Å². The maximum absolute atomic E-state index is 12.6. The number of benzene rings is 1. The summed E-state index contributed by atoms with van der Waals surface area (Å²) in [6, 6.07) is 4.74. The summed E-state index contributed by atoms with van der Waals surface area (Å²) < 4.78 is 37.7. The van der Waals surface area contributed by atoms with E-state index in [9.17, 15) is 18.0 Å². The van der Waals surface area contributed by atoms with Crippen molar-refractivity contribution in [2.24, 2.45) is 5.73 Å². The molecule has 25 heavy (non-hydrogen) atoms. The first kappa shape index (κ1) is 24.0. The summed E-state index contributed by atoms with van der Waals surface area (Å²) in [6.45, 7) is 5.03. The van der Waals surface area contributed by atoms with Gasteiger partial charge in [0.05, 0.1) is 11.6 Å². The fourth-order valence-electron chi connectivity index (χ4n) is 2.69. The summed E-state index contributed by atoms with van der Waals surface area (Å²) in [7, 11) is 0. The molecular weight excluding hydrogens is 378 g/mol. The molecule has 0 saturated carbocycles. The minimum atomic E-state index is -4.30. The molecule has 0 aromatic heterocycles. The Balaban J connectivity index is 0.00000288. The Bertz CT molecular complexity index is 538. The van der Waals surface area contributed by atoms with Gasteiger partial charge in [0.1, 0.15) is 0 Å². The Hall–Kier alpha value is -1.02. The van der Waals surface area contributed by atoms with E-state index in [0.29, 0.717) is 26.2 Å². The standard InChI is InChI=1S/C16H22F3N3O.2ClH/c1-12(20)15(23)22-8-2-7-21(9-10-22)11-13-3-5-14(6-4-13)16(17,18)19;;/h3-6,12H,2,7-11,20H2,1H3;2*1H. The number of rotatable bonds is 3. The van der Waals surface area contributed by atoms with Gasteiger partial charge in [-0.05, 0) is 31.0 Å². The van der Waals surface area contributed by atoms with Crippen LogP contribution in [0.15, 0.2) is 24.3 Å². The number of carbonyl (C=O) groups excluding carboxylic acids is 1. The molecule has 0 aliphatic carbocycles. The Labute approximate surface area is 158 Å². The van der Waals surface area contributed by atoms with Crippen LogP contribution in [0.2, 0.25) is 0 Å². The van der Waals surface area contributed by atoms with Crippen molar-refractivity contribution in [3.05, 3.63) is 35.4 Å². The minimum Gasteiger partial charge on any atom is -0.340 e. The molecule has 1 aliphatic heterocycles. The quantitative estimate of drug-likeness (QED) is 0.846. The number of nitrogens with zero attached hydrogens (tertiary/aromatic N) is 2. The SMILES string of the molecule is CC(N)C(=O)N1CCCN(Cc2ccc(C(F)(F)F)cc2)CC1.Cl.Cl. The lowest BCUT2D eigenvalue weighted by molar-refractivity contribution is -0.137. The average molecular weight is 402 g/mol. The zero-order chi connectivity index (χ0) is 17.0. The highest BCUT2D eigenvalue weighted by Crippen LogP contribution is 2.29. The molecule has 2 N–H and O–H groups in total. The van der Waals surface area contributed by atoms with Gasteiger partial charge in [-0.25, -0.2) is 0 Å². The predicted molar refractivity (Wildman–Crippen MR) is 96.1 cm³/mol. The molecule has 1 amide bonds. The van der Waals surface area contributed by atoms with Gasteiger partial charge in [-0.15, -0.1) is 24.8 Å². The largest absolute Gasteiger partial charge is 0.416 e. The van der Waals surface area contributed by atoms with E-state index in [2.05, 4.69) is 4.90 Å². The van der Waals surface area contributed by atoms with Gasteiger partial charge in [0.15, 0.2) is 0 Å². The van der Waals surface area contributed by atoms with Gasteiger partial charge in [-0.3, -0.25) is 9.69 Å². The predicted octanol–water partition coefficient (Wildman–Crippen LogP) is 2.93. The van der Waals surface area contributed by atoms with Gasteiger partial charge in [0, 0.05) is 32.7 Å². The third-order valence-corrected chi connectivity index (χ3v) is 3.98. The summed E-state index contributed by atoms with van der Waals surface area (Å²) in [4.78, 5) is 15.8. The Morgan fingerprint density at radius 1 is 1.12 bits per heavy atom. The third-order valence-electron chi connectivity index (χ3n) is 3.98. The highest BCUT2D eigenvalue weighted by atomic mass is 35.5. The number of alkyl halides is 3. The lowest BCUT2D eigenvalue weighted by Gasteiger charge is -2.23. The average Bonchev–Trinajstić information content (AvgIpc) is 2.71. The minimum absolute atomic E-state index is 0. The summed E-state index contributed by atoms with van der Waals surface area (Å²) >= 11 is 0. The number of hydrogen-bond acceptors (Lipinski definition) is 3. The highest BCUT2D eigenvalue weighted by molar-refractivity contribution is 5.85. The van der Waals surface area contributed by atoms with Crippen molar-refractivity contribution in [2.45, 2.75) is 32.1 Å². The molecular formula is C16H24Cl2F3N3O. The fourth-order valence-corrected chi connectivity index (χ4v) is 2.69. The molecule has 1 atom stereocenters. The number of carbonyl (C=O) groups is 1. The van der Waals surface area contributed by atoms with Crippen molar-refractivity contribution >= 4 is 30.7 Å². The van der Waals surface area contributed by atoms with Gasteiger partial charge in [-0.2, -0.15) is 13.2 Å². The maximum Gasteiger partial charge on any atom is 0.416 e. The summed E-state index contributed by atoms with van der Waals surface area (Å²) in [5.74, 6) is -0.0543. The zero-order valence-corrected chi connectivity index (χ0v) is 15.6. The number of halogens is 5. The molecule has 1 aromatic carbocycles. The second-order valence-electron chi connectivity index (χ2n) is 5.94. The number of nitrogens with two attached hydrogens (primary N) is 1. The number of amides is 1. The van der Waals surface area contributed by atoms with Crippen LogP contribution >= 0.6 is 24.8 Å². The van der Waals surface area contributed by atoms with E-state index in [1.54, 1.807) is 11.8 Å². The summed E-state index contributed by atoms with van der Waals surface area (Å²) in [5.41, 5.74) is 5.83. The summed E-state index contributed by atoms with van der Waals surface area (Å²) in [6.07, 6.45) is -3.47. The normalized spacial score (nSPS) is 17.1. The molecule has 1 aromatic rings. The Morgan fingerprint density at radius 2 is 1.72 bits per heavy atom. The highest BCUT2D eigenvalue weighted by Gasteiger charge is 2.30. The van der Waals surface area contributed by atoms with Crippen molar-refractivity contribution in [1.29, 1.82) is 0 Å². The van der Waals surface area contributed by atoms with Crippen molar-refractivity contribution in [1.82, 2.24) is 9.80 Å². The van der Waals surface area contributed by atoms with Crippen LogP contribution in [-0.4, -0.2) is 47.9 Å². The van der Waals surface area contributed by atoms with Crippen molar-refractivity contribution in [3.8, 4) is 0 Å². The van der Waals surface area contributed by atoms with Gasteiger partial charge in [0.2, 0.25) is 5.91 Å². The Kier molecular flexibility index (Phi) is 9.79. The van der Waals surface area contributed by atoms with Crippen LogP contribution in [0.25, 0.3) is 0 Å². The first-order valence-corrected chi connectivity index (χ1v) is 7.70. The van der Waals surface area contributed by atoms with E-state index in [-0.39, 0.29) is 30.7 Å². The van der Waals surface area contributed by atoms with Crippen LogP contribution in [0.3, 0.4) is 0 Å². The van der Waals surface area contributed by atoms with Gasteiger partial charge in [0.25, 0.3) is 0 Å². The van der Waals surface area contributed by atoms with E-state index < -0.39 is 17.8 Å². The Morgan fingerprint density at radius 3 is 2.24 bits per heavy atom. The van der Waals surface area contributed by atoms with E-state index in [1.807, 2.05) is 0 Å². The molecule has 1 saturated heterocycles. The van der Waals surface area contributed by atoms with Crippen molar-refractivity contribution in [3.63, 3.8) is 0 Å². The lowest BCUT2D eigenvalue weighted by atomic mass is 10.1. The molecule has 2 rings (SSSR count). The number of hydrogen-bond donors (Lipinski definition) is 1. The van der Waals surface area contributed by atoms with Crippen molar-refractivity contribution < 1.29 is 18.0 Å². The molecule has 144 valence electrons. The molecule has 1 heterocycles. The molecule has 0 radical (unpaired) electrons. The second kappa shape index (κ2) is 10.2. The van der Waals surface area contributed by atoms with Crippen LogP contribution in [0.1, 0.15) is 24.5 Å². The molecule has 1 aliphatic rings. The van der Waals surface area contributed by atoms with E-state index in [0.717, 1.165) is 30.7 Å². The van der Waals surface area contributed by atoms with Crippen LogP contribution in [0, 0.1) is 0 Å². The van der Waals surface area contributed by atoms with Gasteiger partial charge in [-0.1, -0.05) is 12.1 Å². The molecule has 1 unspecified atom stereocenters. The smallest absolute Gasteiger partial charge is 0.340 e. The molecule has 0 spiro atoms. The van der Waals surface area contributed by atoms with Crippen LogP contribution in [0.4, 0.5) is 13.2 Å². The molecule has 0 bridgehead atoms. The second-order valence-corrected chi connectivity index (χ2v) is 5.94. The van der Waals surface area contributed by atoms with E-state index >= 15 is 0 Å². The first-order chi connectivity index (χ1) is 10.8.